The van der Waals surface area contributed by atoms with E-state index in [9.17, 15) is 4.79 Å². The van der Waals surface area contributed by atoms with Gasteiger partial charge in [-0.25, -0.2) is 0 Å². The summed E-state index contributed by atoms with van der Waals surface area (Å²) in [6.45, 7) is 1.96. The lowest BCUT2D eigenvalue weighted by molar-refractivity contribution is 1.03. The number of fused-ring (bicyclic) bond motifs is 1. The number of halogens is 1. The molecule has 3 rings (SSSR count). The van der Waals surface area contributed by atoms with Crippen molar-refractivity contribution in [2.45, 2.75) is 6.92 Å². The highest BCUT2D eigenvalue weighted by Crippen LogP contribution is 2.22. The number of aromatic nitrogens is 1. The Morgan fingerprint density at radius 3 is 2.67 bits per heavy atom. The summed E-state index contributed by atoms with van der Waals surface area (Å²) in [5.74, 6) is 0. The summed E-state index contributed by atoms with van der Waals surface area (Å²) >= 11 is 6.06. The standard InChI is InChI=1S/C17H11ClN2O/c1-11-3-2-4-15(7-11)20-16-9-14(18)6-5-12(16)8-13(10-19)17(20)21/h2-9H,1H3. The molecule has 0 bridgehead atoms. The molecule has 0 amide bonds. The van der Waals surface area contributed by atoms with E-state index in [1.54, 1.807) is 18.2 Å². The Kier molecular flexibility index (Phi) is 3.25. The van der Waals surface area contributed by atoms with Gasteiger partial charge >= 0.3 is 0 Å². The summed E-state index contributed by atoms with van der Waals surface area (Å²) in [6.07, 6.45) is 0. The van der Waals surface area contributed by atoms with E-state index >= 15 is 0 Å². The van der Waals surface area contributed by atoms with Crippen LogP contribution in [0.1, 0.15) is 11.1 Å². The third kappa shape index (κ3) is 2.31. The third-order valence-electron chi connectivity index (χ3n) is 3.35. The molecule has 3 aromatic rings. The average molecular weight is 295 g/mol. The maximum absolute atomic E-state index is 12.5. The molecule has 0 saturated carbocycles. The fourth-order valence-electron chi connectivity index (χ4n) is 2.38. The van der Waals surface area contributed by atoms with E-state index in [2.05, 4.69) is 0 Å². The summed E-state index contributed by atoms with van der Waals surface area (Å²) in [5.41, 5.74) is 2.24. The first-order valence-electron chi connectivity index (χ1n) is 6.42. The van der Waals surface area contributed by atoms with Crippen molar-refractivity contribution in [1.82, 2.24) is 4.57 Å². The smallest absolute Gasteiger partial charge is 0.273 e. The van der Waals surface area contributed by atoms with Gasteiger partial charge in [0, 0.05) is 16.1 Å². The molecule has 0 aliphatic heterocycles. The summed E-state index contributed by atoms with van der Waals surface area (Å²) < 4.78 is 1.53. The van der Waals surface area contributed by atoms with Gasteiger partial charge in [0.05, 0.1) is 5.52 Å². The number of rotatable bonds is 1. The molecule has 0 aliphatic carbocycles. The van der Waals surface area contributed by atoms with Crippen molar-refractivity contribution in [3.63, 3.8) is 0 Å². The Hall–Kier alpha value is -2.57. The molecule has 4 heteroatoms. The number of nitriles is 1. The van der Waals surface area contributed by atoms with Crippen LogP contribution in [0.2, 0.25) is 5.02 Å². The van der Waals surface area contributed by atoms with Gasteiger partial charge in [-0.2, -0.15) is 5.26 Å². The minimum Gasteiger partial charge on any atom is -0.276 e. The SMILES string of the molecule is Cc1cccc(-n2c(=O)c(C#N)cc3ccc(Cl)cc32)c1. The molecular weight excluding hydrogens is 284 g/mol. The highest BCUT2D eigenvalue weighted by atomic mass is 35.5. The van der Waals surface area contributed by atoms with E-state index < -0.39 is 0 Å². The van der Waals surface area contributed by atoms with Crippen LogP contribution < -0.4 is 5.56 Å². The first-order chi connectivity index (χ1) is 10.1. The second kappa shape index (κ2) is 5.08. The van der Waals surface area contributed by atoms with Crippen LogP contribution in [0, 0.1) is 18.3 Å². The van der Waals surface area contributed by atoms with Crippen molar-refractivity contribution in [1.29, 1.82) is 5.26 Å². The van der Waals surface area contributed by atoms with E-state index in [0.717, 1.165) is 16.6 Å². The lowest BCUT2D eigenvalue weighted by Crippen LogP contribution is -2.21. The van der Waals surface area contributed by atoms with Crippen LogP contribution in [0.5, 0.6) is 0 Å². The van der Waals surface area contributed by atoms with Crippen LogP contribution in [0.4, 0.5) is 0 Å². The predicted molar refractivity (Wildman–Crippen MR) is 84.0 cm³/mol. The van der Waals surface area contributed by atoms with Gasteiger partial charge in [0.25, 0.3) is 5.56 Å². The van der Waals surface area contributed by atoms with E-state index in [1.165, 1.54) is 4.57 Å². The molecule has 1 heterocycles. The number of aryl methyl sites for hydroxylation is 1. The Labute approximate surface area is 126 Å². The topological polar surface area (TPSA) is 45.8 Å². The third-order valence-corrected chi connectivity index (χ3v) is 3.58. The largest absolute Gasteiger partial charge is 0.276 e. The van der Waals surface area contributed by atoms with Crippen LogP contribution in [0.3, 0.4) is 0 Å². The quantitative estimate of drug-likeness (QED) is 0.685. The van der Waals surface area contributed by atoms with Crippen molar-refractivity contribution >= 4 is 22.5 Å². The number of hydrogen-bond acceptors (Lipinski definition) is 2. The van der Waals surface area contributed by atoms with Crippen molar-refractivity contribution in [2.24, 2.45) is 0 Å². The van der Waals surface area contributed by atoms with Crippen LogP contribution >= 0.6 is 11.6 Å². The number of benzene rings is 2. The molecule has 0 fully saturated rings. The lowest BCUT2D eigenvalue weighted by atomic mass is 10.1. The Bertz CT molecular complexity index is 951. The van der Waals surface area contributed by atoms with Gasteiger partial charge in [-0.15, -0.1) is 0 Å². The Morgan fingerprint density at radius 1 is 1.14 bits per heavy atom. The molecule has 0 aliphatic rings. The molecular formula is C17H11ClN2O. The van der Waals surface area contributed by atoms with E-state index in [4.69, 9.17) is 16.9 Å². The zero-order valence-electron chi connectivity index (χ0n) is 11.3. The first kappa shape index (κ1) is 13.4. The van der Waals surface area contributed by atoms with Gasteiger partial charge in [-0.1, -0.05) is 29.8 Å². The molecule has 0 radical (unpaired) electrons. The van der Waals surface area contributed by atoms with Crippen molar-refractivity contribution < 1.29 is 0 Å². The molecule has 3 nitrogen and oxygen atoms in total. The Morgan fingerprint density at radius 2 is 1.95 bits per heavy atom. The summed E-state index contributed by atoms with van der Waals surface area (Å²) in [4.78, 5) is 12.5. The average Bonchev–Trinajstić information content (AvgIpc) is 2.46. The van der Waals surface area contributed by atoms with E-state index in [0.29, 0.717) is 10.5 Å². The van der Waals surface area contributed by atoms with Gasteiger partial charge in [0.15, 0.2) is 0 Å². The number of nitrogens with zero attached hydrogens (tertiary/aromatic N) is 2. The van der Waals surface area contributed by atoms with E-state index in [1.807, 2.05) is 43.3 Å². The highest BCUT2D eigenvalue weighted by molar-refractivity contribution is 6.31. The fraction of sp³-hybridized carbons (Fsp3) is 0.0588. The van der Waals surface area contributed by atoms with Crippen LogP contribution in [-0.4, -0.2) is 4.57 Å². The molecule has 21 heavy (non-hydrogen) atoms. The van der Waals surface area contributed by atoms with E-state index in [-0.39, 0.29) is 11.1 Å². The zero-order chi connectivity index (χ0) is 15.0. The van der Waals surface area contributed by atoms with Gasteiger partial charge in [0.2, 0.25) is 0 Å². The normalized spacial score (nSPS) is 10.5. The van der Waals surface area contributed by atoms with Crippen LogP contribution in [0.15, 0.2) is 53.3 Å². The second-order valence-corrected chi connectivity index (χ2v) is 5.29. The number of pyridine rings is 1. The lowest BCUT2D eigenvalue weighted by Gasteiger charge is -2.12. The van der Waals surface area contributed by atoms with Gasteiger partial charge < -0.3 is 0 Å². The summed E-state index contributed by atoms with van der Waals surface area (Å²) in [7, 11) is 0. The highest BCUT2D eigenvalue weighted by Gasteiger charge is 2.11. The fourth-order valence-corrected chi connectivity index (χ4v) is 2.55. The summed E-state index contributed by atoms with van der Waals surface area (Å²) in [6, 6.07) is 16.4. The zero-order valence-corrected chi connectivity index (χ0v) is 12.1. The Balaban J connectivity index is 2.50. The van der Waals surface area contributed by atoms with Crippen molar-refractivity contribution in [3.05, 3.63) is 75.0 Å². The monoisotopic (exact) mass is 294 g/mol. The number of hydrogen-bond donors (Lipinski definition) is 0. The van der Waals surface area contributed by atoms with Gasteiger partial charge in [-0.3, -0.25) is 9.36 Å². The molecule has 0 N–H and O–H groups in total. The molecule has 1 aromatic heterocycles. The van der Waals surface area contributed by atoms with Crippen LogP contribution in [-0.2, 0) is 0 Å². The molecule has 0 saturated heterocycles. The summed E-state index contributed by atoms with van der Waals surface area (Å²) in [5, 5.41) is 10.5. The second-order valence-electron chi connectivity index (χ2n) is 4.85. The maximum Gasteiger partial charge on any atom is 0.273 e. The molecule has 102 valence electrons. The molecule has 0 atom stereocenters. The minimum absolute atomic E-state index is 0.117. The molecule has 0 unspecified atom stereocenters. The van der Waals surface area contributed by atoms with Crippen LogP contribution in [0.25, 0.3) is 16.6 Å². The van der Waals surface area contributed by atoms with Gasteiger partial charge in [-0.05, 0) is 42.8 Å². The maximum atomic E-state index is 12.5. The minimum atomic E-state index is -0.335. The first-order valence-corrected chi connectivity index (χ1v) is 6.80. The predicted octanol–water partition coefficient (Wildman–Crippen LogP) is 3.82. The molecule has 0 spiro atoms. The van der Waals surface area contributed by atoms with Crippen molar-refractivity contribution in [3.8, 4) is 11.8 Å². The molecule has 2 aromatic carbocycles. The van der Waals surface area contributed by atoms with Gasteiger partial charge in [0.1, 0.15) is 11.6 Å². The van der Waals surface area contributed by atoms with Crippen molar-refractivity contribution in [2.75, 3.05) is 0 Å².